The molecule has 1 aromatic carbocycles. The molecule has 0 saturated heterocycles. The van der Waals surface area contributed by atoms with Crippen LogP contribution in [0, 0.1) is 5.82 Å². The molecule has 9 heteroatoms. The normalized spacial score (nSPS) is 15.2. The minimum atomic E-state index is -0.759. The van der Waals surface area contributed by atoms with E-state index in [1.54, 1.807) is 6.92 Å². The van der Waals surface area contributed by atoms with Crippen LogP contribution in [0.25, 0.3) is 0 Å². The lowest BCUT2D eigenvalue weighted by atomic mass is 10.2. The zero-order chi connectivity index (χ0) is 19.6. The molecule has 1 saturated carbocycles. The predicted octanol–water partition coefficient (Wildman–Crippen LogP) is 2.35. The molecule has 8 nitrogen and oxygen atoms in total. The summed E-state index contributed by atoms with van der Waals surface area (Å²) in [7, 11) is 1.52. The Kier molecular flexibility index (Phi) is 8.28. The molecule has 1 fully saturated rings. The molecular weight excluding hydrogens is 357 g/mol. The van der Waals surface area contributed by atoms with Gasteiger partial charge in [-0.15, -0.1) is 0 Å². The molecule has 1 aromatic rings. The highest BCUT2D eigenvalue weighted by Gasteiger charge is 2.18. The summed E-state index contributed by atoms with van der Waals surface area (Å²) in [5.41, 5.74) is 4.64. The number of amides is 3. The maximum Gasteiger partial charge on any atom is 0.337 e. The van der Waals surface area contributed by atoms with Crippen molar-refractivity contribution in [3.05, 3.63) is 24.0 Å². The molecule has 3 N–H and O–H groups in total. The molecular formula is C18H26FN3O5. The second-order valence-electron chi connectivity index (χ2n) is 6.24. The van der Waals surface area contributed by atoms with Gasteiger partial charge in [-0.2, -0.15) is 0 Å². The Morgan fingerprint density at radius 1 is 1.22 bits per heavy atom. The largest absolute Gasteiger partial charge is 0.487 e. The highest BCUT2D eigenvalue weighted by Crippen LogP contribution is 2.27. The molecule has 1 aliphatic carbocycles. The third kappa shape index (κ3) is 7.03. The molecule has 1 aliphatic rings. The van der Waals surface area contributed by atoms with Crippen molar-refractivity contribution in [2.45, 2.75) is 44.8 Å². The number of carbonyl (C=O) groups is 2. The Bertz CT molecular complexity index is 637. The molecule has 150 valence electrons. The summed E-state index contributed by atoms with van der Waals surface area (Å²) in [4.78, 5) is 23.6. The van der Waals surface area contributed by atoms with Gasteiger partial charge in [0, 0.05) is 18.9 Å². The number of urea groups is 1. The second-order valence-corrected chi connectivity index (χ2v) is 6.24. The maximum absolute atomic E-state index is 14.1. The number of rotatable bonds is 8. The first kappa shape index (κ1) is 20.9. The minimum absolute atomic E-state index is 0.0462. The number of hydrogen-bond acceptors (Lipinski definition) is 5. The molecule has 27 heavy (non-hydrogen) atoms. The number of nitrogens with one attached hydrogen (secondary N) is 3. The van der Waals surface area contributed by atoms with E-state index in [4.69, 9.17) is 14.2 Å². The van der Waals surface area contributed by atoms with Crippen molar-refractivity contribution in [1.29, 1.82) is 0 Å². The van der Waals surface area contributed by atoms with E-state index < -0.39 is 23.9 Å². The highest BCUT2D eigenvalue weighted by molar-refractivity contribution is 5.91. The number of benzene rings is 1. The van der Waals surface area contributed by atoms with Crippen molar-refractivity contribution in [3.63, 3.8) is 0 Å². The summed E-state index contributed by atoms with van der Waals surface area (Å²) in [6, 6.07) is 3.47. The van der Waals surface area contributed by atoms with E-state index in [-0.39, 0.29) is 24.1 Å². The van der Waals surface area contributed by atoms with E-state index in [0.29, 0.717) is 6.61 Å². The number of hydrazine groups is 1. The fourth-order valence-electron chi connectivity index (χ4n) is 2.63. The monoisotopic (exact) mass is 383 g/mol. The molecule has 0 aromatic heterocycles. The number of hydrogen-bond donors (Lipinski definition) is 3. The summed E-state index contributed by atoms with van der Waals surface area (Å²) in [6.07, 6.45) is 3.32. The van der Waals surface area contributed by atoms with Crippen molar-refractivity contribution in [1.82, 2.24) is 10.9 Å². The van der Waals surface area contributed by atoms with Gasteiger partial charge in [0.2, 0.25) is 0 Å². The van der Waals surface area contributed by atoms with E-state index in [9.17, 15) is 14.0 Å². The standard InChI is InChI=1S/C18H26FN3O5/c1-12(26-10-9-25-2)17(23)21-22-18(24)20-13-7-8-16(15(19)11-13)27-14-5-3-4-6-14/h7-8,11-12,14H,3-6,9-10H2,1-2H3,(H,21,23)(H2,20,22,24)/t12-/m0/s1. The molecule has 2 rings (SSSR count). The summed E-state index contributed by atoms with van der Waals surface area (Å²) in [6.45, 7) is 2.16. The fourth-order valence-corrected chi connectivity index (χ4v) is 2.63. The van der Waals surface area contributed by atoms with Gasteiger partial charge in [-0.05, 0) is 44.7 Å². The predicted molar refractivity (Wildman–Crippen MR) is 96.9 cm³/mol. The molecule has 0 unspecified atom stereocenters. The van der Waals surface area contributed by atoms with Crippen LogP contribution in [0.4, 0.5) is 14.9 Å². The van der Waals surface area contributed by atoms with Crippen LogP contribution in [0.15, 0.2) is 18.2 Å². The van der Waals surface area contributed by atoms with Gasteiger partial charge in [0.25, 0.3) is 5.91 Å². The highest BCUT2D eigenvalue weighted by atomic mass is 19.1. The third-order valence-electron chi connectivity index (χ3n) is 4.11. The van der Waals surface area contributed by atoms with E-state index in [0.717, 1.165) is 25.7 Å². The average molecular weight is 383 g/mol. The van der Waals surface area contributed by atoms with Crippen molar-refractivity contribution < 1.29 is 28.2 Å². The molecule has 0 spiro atoms. The Morgan fingerprint density at radius 3 is 2.63 bits per heavy atom. The van der Waals surface area contributed by atoms with Gasteiger partial charge in [-0.1, -0.05) is 0 Å². The van der Waals surface area contributed by atoms with Crippen LogP contribution in [-0.4, -0.2) is 44.5 Å². The topological polar surface area (TPSA) is 97.9 Å². The summed E-state index contributed by atoms with van der Waals surface area (Å²) < 4.78 is 29.8. The first-order chi connectivity index (χ1) is 13.0. The van der Waals surface area contributed by atoms with Crippen molar-refractivity contribution >= 4 is 17.6 Å². The Balaban J connectivity index is 1.76. The van der Waals surface area contributed by atoms with Gasteiger partial charge in [0.1, 0.15) is 6.10 Å². The molecule has 0 aliphatic heterocycles. The second kappa shape index (κ2) is 10.7. The van der Waals surface area contributed by atoms with Gasteiger partial charge in [-0.25, -0.2) is 14.6 Å². The van der Waals surface area contributed by atoms with Gasteiger partial charge in [-0.3, -0.25) is 10.2 Å². The summed E-state index contributed by atoms with van der Waals surface area (Å²) in [5.74, 6) is -0.903. The lowest BCUT2D eigenvalue weighted by Gasteiger charge is -2.15. The van der Waals surface area contributed by atoms with Crippen LogP contribution < -0.4 is 20.9 Å². The van der Waals surface area contributed by atoms with Gasteiger partial charge < -0.3 is 19.5 Å². The Labute approximate surface area is 157 Å². The van der Waals surface area contributed by atoms with Crippen LogP contribution in [0.5, 0.6) is 5.75 Å². The smallest absolute Gasteiger partial charge is 0.337 e. The number of methoxy groups -OCH3 is 1. The van der Waals surface area contributed by atoms with Gasteiger partial charge in [0.05, 0.1) is 19.3 Å². The quantitative estimate of drug-likeness (QED) is 0.473. The molecule has 0 radical (unpaired) electrons. The SMILES string of the molecule is COCCO[C@@H](C)C(=O)NNC(=O)Nc1ccc(OC2CCCC2)c(F)c1. The molecule has 3 amide bonds. The lowest BCUT2D eigenvalue weighted by molar-refractivity contribution is -0.133. The molecule has 1 atom stereocenters. The van der Waals surface area contributed by atoms with Crippen molar-refractivity contribution in [2.75, 3.05) is 25.6 Å². The first-order valence-corrected chi connectivity index (χ1v) is 8.93. The van der Waals surface area contributed by atoms with Crippen LogP contribution in [0.2, 0.25) is 0 Å². The summed E-state index contributed by atoms with van der Waals surface area (Å²) in [5, 5.41) is 2.43. The number of anilines is 1. The van der Waals surface area contributed by atoms with Gasteiger partial charge >= 0.3 is 6.03 Å². The fraction of sp³-hybridized carbons (Fsp3) is 0.556. The average Bonchev–Trinajstić information content (AvgIpc) is 3.15. The minimum Gasteiger partial charge on any atom is -0.487 e. The van der Waals surface area contributed by atoms with Crippen LogP contribution in [0.1, 0.15) is 32.6 Å². The molecule has 0 bridgehead atoms. The first-order valence-electron chi connectivity index (χ1n) is 8.93. The Hall–Kier alpha value is -2.39. The van der Waals surface area contributed by atoms with E-state index >= 15 is 0 Å². The Morgan fingerprint density at radius 2 is 1.96 bits per heavy atom. The van der Waals surface area contributed by atoms with E-state index in [1.807, 2.05) is 0 Å². The van der Waals surface area contributed by atoms with Crippen molar-refractivity contribution in [3.8, 4) is 5.75 Å². The maximum atomic E-state index is 14.1. The van der Waals surface area contributed by atoms with Crippen molar-refractivity contribution in [2.24, 2.45) is 0 Å². The number of carbonyl (C=O) groups excluding carboxylic acids is 2. The number of halogens is 1. The van der Waals surface area contributed by atoms with E-state index in [1.165, 1.54) is 25.3 Å². The van der Waals surface area contributed by atoms with E-state index in [2.05, 4.69) is 16.2 Å². The third-order valence-corrected chi connectivity index (χ3v) is 4.11. The van der Waals surface area contributed by atoms with Crippen LogP contribution >= 0.6 is 0 Å². The number of ether oxygens (including phenoxy) is 3. The molecule has 0 heterocycles. The van der Waals surface area contributed by atoms with Crippen LogP contribution in [-0.2, 0) is 14.3 Å². The van der Waals surface area contributed by atoms with Crippen LogP contribution in [0.3, 0.4) is 0 Å². The lowest BCUT2D eigenvalue weighted by Crippen LogP contribution is -2.48. The summed E-state index contributed by atoms with van der Waals surface area (Å²) >= 11 is 0. The van der Waals surface area contributed by atoms with Gasteiger partial charge in [0.15, 0.2) is 11.6 Å². The zero-order valence-electron chi connectivity index (χ0n) is 15.5. The zero-order valence-corrected chi connectivity index (χ0v) is 15.5.